The SMILES string of the molecule is O=C(O)c1ccc(CNC(=O)n2ccnc2)cc1. The van der Waals surface area contributed by atoms with Gasteiger partial charge in [-0.15, -0.1) is 0 Å². The molecule has 1 amide bonds. The zero-order valence-electron chi connectivity index (χ0n) is 9.41. The van der Waals surface area contributed by atoms with Crippen LogP contribution in [0.5, 0.6) is 0 Å². The van der Waals surface area contributed by atoms with Gasteiger partial charge in [0, 0.05) is 18.9 Å². The molecule has 92 valence electrons. The molecule has 0 aliphatic heterocycles. The van der Waals surface area contributed by atoms with Gasteiger partial charge in [-0.2, -0.15) is 0 Å². The van der Waals surface area contributed by atoms with Crippen LogP contribution in [-0.2, 0) is 6.54 Å². The first-order valence-electron chi connectivity index (χ1n) is 5.25. The van der Waals surface area contributed by atoms with Crippen LogP contribution in [0.25, 0.3) is 0 Å². The largest absolute Gasteiger partial charge is 0.478 e. The van der Waals surface area contributed by atoms with Gasteiger partial charge in [-0.25, -0.2) is 14.6 Å². The third-order valence-corrected chi connectivity index (χ3v) is 2.38. The maximum Gasteiger partial charge on any atom is 0.335 e. The molecule has 1 aromatic carbocycles. The van der Waals surface area contributed by atoms with Crippen molar-refractivity contribution in [1.29, 1.82) is 0 Å². The molecule has 1 heterocycles. The van der Waals surface area contributed by atoms with E-state index in [1.54, 1.807) is 18.3 Å². The average Bonchev–Trinajstić information content (AvgIpc) is 2.90. The van der Waals surface area contributed by atoms with Gasteiger partial charge in [-0.1, -0.05) is 12.1 Å². The molecule has 0 unspecified atom stereocenters. The smallest absolute Gasteiger partial charge is 0.335 e. The number of hydrogen-bond donors (Lipinski definition) is 2. The molecule has 0 saturated heterocycles. The summed E-state index contributed by atoms with van der Waals surface area (Å²) in [4.78, 5) is 26.0. The minimum absolute atomic E-state index is 0.222. The van der Waals surface area contributed by atoms with Gasteiger partial charge in [0.25, 0.3) is 0 Å². The Hall–Kier alpha value is -2.63. The summed E-state index contributed by atoms with van der Waals surface area (Å²) in [6.07, 6.45) is 4.47. The maximum atomic E-state index is 11.6. The number of nitrogens with one attached hydrogen (secondary N) is 1. The molecule has 6 nitrogen and oxygen atoms in total. The van der Waals surface area contributed by atoms with Crippen molar-refractivity contribution in [3.05, 3.63) is 54.1 Å². The van der Waals surface area contributed by atoms with Crippen molar-refractivity contribution in [3.8, 4) is 0 Å². The fourth-order valence-electron chi connectivity index (χ4n) is 1.41. The monoisotopic (exact) mass is 245 g/mol. The summed E-state index contributed by atoms with van der Waals surface area (Å²) in [6.45, 7) is 0.330. The standard InChI is InChI=1S/C12H11N3O3/c16-11(17)10-3-1-9(2-4-10)7-14-12(18)15-6-5-13-8-15/h1-6,8H,7H2,(H,14,18)(H,16,17). The molecule has 6 heteroatoms. The first-order valence-corrected chi connectivity index (χ1v) is 5.25. The van der Waals surface area contributed by atoms with Crippen LogP contribution in [0, 0.1) is 0 Å². The molecule has 1 aromatic heterocycles. The van der Waals surface area contributed by atoms with E-state index in [4.69, 9.17) is 5.11 Å². The van der Waals surface area contributed by atoms with Crippen LogP contribution < -0.4 is 5.32 Å². The Labute approximate surface area is 103 Å². The molecule has 0 radical (unpaired) electrons. The highest BCUT2D eigenvalue weighted by molar-refractivity contribution is 5.87. The molecule has 0 aliphatic rings. The lowest BCUT2D eigenvalue weighted by molar-refractivity contribution is 0.0697. The van der Waals surface area contributed by atoms with Crippen molar-refractivity contribution in [1.82, 2.24) is 14.9 Å². The lowest BCUT2D eigenvalue weighted by atomic mass is 10.1. The van der Waals surface area contributed by atoms with E-state index in [1.165, 1.54) is 29.2 Å². The third kappa shape index (κ3) is 2.73. The van der Waals surface area contributed by atoms with Crippen molar-refractivity contribution in [3.63, 3.8) is 0 Å². The van der Waals surface area contributed by atoms with Gasteiger partial charge in [-0.05, 0) is 17.7 Å². The first-order chi connectivity index (χ1) is 8.66. The van der Waals surface area contributed by atoms with E-state index in [-0.39, 0.29) is 11.6 Å². The summed E-state index contributed by atoms with van der Waals surface area (Å²) >= 11 is 0. The minimum atomic E-state index is -0.969. The Kier molecular flexibility index (Phi) is 3.38. The first kappa shape index (κ1) is 11.8. The van der Waals surface area contributed by atoms with Crippen LogP contribution in [0.15, 0.2) is 43.0 Å². The minimum Gasteiger partial charge on any atom is -0.478 e. The Bertz CT molecular complexity index is 546. The Morgan fingerprint density at radius 2 is 2.00 bits per heavy atom. The number of aromatic carboxylic acids is 1. The predicted molar refractivity (Wildman–Crippen MR) is 63.3 cm³/mol. The van der Waals surface area contributed by atoms with Crippen molar-refractivity contribution in [2.24, 2.45) is 0 Å². The van der Waals surface area contributed by atoms with Crippen LogP contribution in [0.4, 0.5) is 4.79 Å². The molecule has 0 aliphatic carbocycles. The summed E-state index contributed by atoms with van der Waals surface area (Å²) in [5.41, 5.74) is 1.05. The van der Waals surface area contributed by atoms with Crippen molar-refractivity contribution < 1.29 is 14.7 Å². The van der Waals surface area contributed by atoms with Gasteiger partial charge < -0.3 is 10.4 Å². The predicted octanol–water partition coefficient (Wildman–Crippen LogP) is 1.34. The van der Waals surface area contributed by atoms with E-state index in [0.717, 1.165) is 5.56 Å². The molecular formula is C12H11N3O3. The number of carboxylic acids is 1. The second kappa shape index (κ2) is 5.13. The van der Waals surface area contributed by atoms with Gasteiger partial charge in [0.05, 0.1) is 5.56 Å². The van der Waals surface area contributed by atoms with Gasteiger partial charge in [0.15, 0.2) is 0 Å². The molecular weight excluding hydrogens is 234 g/mol. The zero-order valence-corrected chi connectivity index (χ0v) is 9.41. The Morgan fingerprint density at radius 3 is 2.56 bits per heavy atom. The van der Waals surface area contributed by atoms with E-state index in [9.17, 15) is 9.59 Å². The quantitative estimate of drug-likeness (QED) is 0.854. The molecule has 2 aromatic rings. The number of aromatic nitrogens is 2. The summed E-state index contributed by atoms with van der Waals surface area (Å²) in [5.74, 6) is -0.969. The molecule has 18 heavy (non-hydrogen) atoms. The maximum absolute atomic E-state index is 11.6. The van der Waals surface area contributed by atoms with E-state index >= 15 is 0 Å². The highest BCUT2D eigenvalue weighted by atomic mass is 16.4. The van der Waals surface area contributed by atoms with Crippen molar-refractivity contribution >= 4 is 12.0 Å². The van der Waals surface area contributed by atoms with E-state index in [0.29, 0.717) is 6.54 Å². The van der Waals surface area contributed by atoms with Gasteiger partial charge >= 0.3 is 12.0 Å². The number of carbonyl (C=O) groups excluding carboxylic acids is 1. The van der Waals surface area contributed by atoms with E-state index in [1.807, 2.05) is 0 Å². The number of nitrogens with zero attached hydrogens (tertiary/aromatic N) is 2. The number of carboxylic acid groups (broad SMARTS) is 1. The highest BCUT2D eigenvalue weighted by Gasteiger charge is 2.04. The topological polar surface area (TPSA) is 84.2 Å². The number of carbonyl (C=O) groups is 2. The number of benzene rings is 1. The van der Waals surface area contributed by atoms with Crippen LogP contribution in [0.3, 0.4) is 0 Å². The molecule has 0 spiro atoms. The summed E-state index contributed by atoms with van der Waals surface area (Å²) < 4.78 is 1.33. The van der Waals surface area contributed by atoms with Crippen LogP contribution >= 0.6 is 0 Å². The van der Waals surface area contributed by atoms with Crippen molar-refractivity contribution in [2.45, 2.75) is 6.54 Å². The lowest BCUT2D eigenvalue weighted by Gasteiger charge is -2.05. The van der Waals surface area contributed by atoms with Gasteiger partial charge in [0.1, 0.15) is 6.33 Å². The fourth-order valence-corrected chi connectivity index (χ4v) is 1.41. The normalized spacial score (nSPS) is 10.0. The van der Waals surface area contributed by atoms with Crippen LogP contribution in [-0.4, -0.2) is 26.7 Å². The Morgan fingerprint density at radius 1 is 1.28 bits per heavy atom. The van der Waals surface area contributed by atoms with Gasteiger partial charge in [0.2, 0.25) is 0 Å². The Balaban J connectivity index is 1.94. The third-order valence-electron chi connectivity index (χ3n) is 2.38. The zero-order chi connectivity index (χ0) is 13.0. The average molecular weight is 245 g/mol. The van der Waals surface area contributed by atoms with Crippen LogP contribution in [0.2, 0.25) is 0 Å². The van der Waals surface area contributed by atoms with Crippen molar-refractivity contribution in [2.75, 3.05) is 0 Å². The summed E-state index contributed by atoms with van der Waals surface area (Å²) in [5, 5.41) is 11.4. The highest BCUT2D eigenvalue weighted by Crippen LogP contribution is 2.04. The second-order valence-corrected chi connectivity index (χ2v) is 3.63. The van der Waals surface area contributed by atoms with E-state index in [2.05, 4.69) is 10.3 Å². The number of imidazole rings is 1. The molecule has 0 fully saturated rings. The molecule has 0 saturated carbocycles. The van der Waals surface area contributed by atoms with Crippen LogP contribution in [0.1, 0.15) is 15.9 Å². The number of rotatable bonds is 3. The summed E-state index contributed by atoms with van der Waals surface area (Å²) in [7, 11) is 0. The lowest BCUT2D eigenvalue weighted by Crippen LogP contribution is -2.26. The second-order valence-electron chi connectivity index (χ2n) is 3.63. The molecule has 0 bridgehead atoms. The molecule has 2 rings (SSSR count). The van der Waals surface area contributed by atoms with E-state index < -0.39 is 5.97 Å². The molecule has 0 atom stereocenters. The number of amides is 1. The summed E-state index contributed by atoms with van der Waals surface area (Å²) in [6, 6.07) is 6.05. The fraction of sp³-hybridized carbons (Fsp3) is 0.0833. The van der Waals surface area contributed by atoms with Gasteiger partial charge in [-0.3, -0.25) is 4.57 Å². The molecule has 2 N–H and O–H groups in total. The number of hydrogen-bond acceptors (Lipinski definition) is 3.